The number of rotatable bonds is 13. The molecule has 3 fully saturated rings. The highest BCUT2D eigenvalue weighted by atomic mass is 28.3. The standard InChI is InChI=1S/C28H54O8Si/c1-25(2)22(35-26(3,4)36-25)14-15-27(5,29)23-12-10-20(33-23)21-11-13-24(34-21)28(6,30)18-32-19-31-16-17-37(7,8)9/h20-24,29-30H,10-19H2,1-9H3/t20-,21+,22-,23+,24+,27-,28-/m1/s1. The van der Waals surface area contributed by atoms with Gasteiger partial charge in [0.15, 0.2) is 5.79 Å². The van der Waals surface area contributed by atoms with Crippen LogP contribution in [-0.4, -0.2) is 91.4 Å². The van der Waals surface area contributed by atoms with Crippen LogP contribution in [0.2, 0.25) is 25.7 Å². The minimum atomic E-state index is -1.12. The van der Waals surface area contributed by atoms with Gasteiger partial charge < -0.3 is 38.6 Å². The van der Waals surface area contributed by atoms with Gasteiger partial charge in [0.05, 0.1) is 48.3 Å². The zero-order valence-corrected chi connectivity index (χ0v) is 25.8. The average molecular weight is 547 g/mol. The smallest absolute Gasteiger partial charge is 0.164 e. The molecule has 0 aromatic rings. The van der Waals surface area contributed by atoms with Crippen molar-refractivity contribution in [2.24, 2.45) is 0 Å². The van der Waals surface area contributed by atoms with Crippen molar-refractivity contribution in [3.8, 4) is 0 Å². The first kappa shape index (κ1) is 31.4. The third kappa shape index (κ3) is 8.95. The zero-order chi connectivity index (χ0) is 27.7. The Morgan fingerprint density at radius 2 is 1.43 bits per heavy atom. The molecular weight excluding hydrogens is 492 g/mol. The molecule has 3 aliphatic heterocycles. The predicted octanol–water partition coefficient (Wildman–Crippen LogP) is 4.62. The van der Waals surface area contributed by atoms with Crippen LogP contribution in [0.15, 0.2) is 0 Å². The topological polar surface area (TPSA) is 95.8 Å². The van der Waals surface area contributed by atoms with Crippen LogP contribution < -0.4 is 0 Å². The molecule has 3 rings (SSSR count). The summed E-state index contributed by atoms with van der Waals surface area (Å²) in [6, 6.07) is 1.09. The number of hydrogen-bond acceptors (Lipinski definition) is 8. The summed E-state index contributed by atoms with van der Waals surface area (Å²) in [7, 11) is -1.12. The second kappa shape index (κ2) is 11.8. The van der Waals surface area contributed by atoms with Crippen LogP contribution >= 0.6 is 0 Å². The summed E-state index contributed by atoms with van der Waals surface area (Å²) in [6.45, 7) is 19.6. The third-order valence-electron chi connectivity index (χ3n) is 8.09. The van der Waals surface area contributed by atoms with Gasteiger partial charge in [-0.05, 0) is 86.1 Å². The Kier molecular flexibility index (Phi) is 10.0. The summed E-state index contributed by atoms with van der Waals surface area (Å²) in [5, 5.41) is 22.3. The summed E-state index contributed by atoms with van der Waals surface area (Å²) >= 11 is 0. The SMILES string of the molecule is CC1(C)O[C@H](CC[C@@](C)(O)[C@@H]2CC[C@H]([C@@H]3CC[C@@H]([C@](C)(O)COCOCC[Si](C)(C)C)O3)O2)C(C)(C)O1. The first-order valence-corrected chi connectivity index (χ1v) is 17.9. The van der Waals surface area contributed by atoms with E-state index in [1.54, 1.807) is 6.92 Å². The molecule has 3 saturated heterocycles. The highest BCUT2D eigenvalue weighted by molar-refractivity contribution is 6.76. The fourth-order valence-corrected chi connectivity index (χ4v) is 6.58. The van der Waals surface area contributed by atoms with Crippen molar-refractivity contribution in [2.75, 3.05) is 20.0 Å². The van der Waals surface area contributed by atoms with E-state index in [1.807, 2.05) is 34.6 Å². The van der Waals surface area contributed by atoms with E-state index in [4.69, 9.17) is 28.4 Å². The van der Waals surface area contributed by atoms with Crippen LogP contribution in [0.1, 0.15) is 80.1 Å². The molecule has 37 heavy (non-hydrogen) atoms. The van der Waals surface area contributed by atoms with Crippen molar-refractivity contribution in [2.45, 2.75) is 159 Å². The maximum atomic E-state index is 11.3. The maximum Gasteiger partial charge on any atom is 0.164 e. The third-order valence-corrected chi connectivity index (χ3v) is 9.79. The van der Waals surface area contributed by atoms with Crippen LogP contribution in [0.3, 0.4) is 0 Å². The van der Waals surface area contributed by atoms with Crippen LogP contribution in [0.5, 0.6) is 0 Å². The van der Waals surface area contributed by atoms with E-state index in [0.717, 1.165) is 31.7 Å². The Balaban J connectivity index is 1.40. The zero-order valence-electron chi connectivity index (χ0n) is 24.8. The van der Waals surface area contributed by atoms with Crippen LogP contribution in [0, 0.1) is 0 Å². The van der Waals surface area contributed by atoms with E-state index in [-0.39, 0.29) is 43.9 Å². The highest BCUT2D eigenvalue weighted by Gasteiger charge is 2.50. The summed E-state index contributed by atoms with van der Waals surface area (Å²) < 4.78 is 36.0. The van der Waals surface area contributed by atoms with Gasteiger partial charge in [-0.2, -0.15) is 0 Å². The van der Waals surface area contributed by atoms with Gasteiger partial charge in [0.25, 0.3) is 0 Å². The highest BCUT2D eigenvalue weighted by Crippen LogP contribution is 2.41. The quantitative estimate of drug-likeness (QED) is 0.196. The van der Waals surface area contributed by atoms with Gasteiger partial charge in [-0.25, -0.2) is 0 Å². The fourth-order valence-electron chi connectivity index (χ4n) is 5.82. The lowest BCUT2D eigenvalue weighted by molar-refractivity contribution is -0.173. The Morgan fingerprint density at radius 1 is 0.865 bits per heavy atom. The van der Waals surface area contributed by atoms with Crippen molar-refractivity contribution in [1.29, 1.82) is 0 Å². The molecule has 0 aliphatic carbocycles. The first-order chi connectivity index (χ1) is 16.9. The summed E-state index contributed by atoms with van der Waals surface area (Å²) in [5.41, 5.74) is -2.45. The molecule has 0 bridgehead atoms. The molecule has 9 heteroatoms. The minimum absolute atomic E-state index is 0.0791. The molecule has 7 atom stereocenters. The minimum Gasteiger partial charge on any atom is -0.387 e. The monoisotopic (exact) mass is 546 g/mol. The van der Waals surface area contributed by atoms with E-state index in [9.17, 15) is 10.2 Å². The lowest BCUT2D eigenvalue weighted by Crippen LogP contribution is -2.45. The molecular formula is C28H54O8Si. The van der Waals surface area contributed by atoms with E-state index < -0.39 is 30.7 Å². The molecule has 0 aromatic heterocycles. The van der Waals surface area contributed by atoms with E-state index in [2.05, 4.69) is 19.6 Å². The lowest BCUT2D eigenvalue weighted by Gasteiger charge is -2.33. The molecule has 0 radical (unpaired) electrons. The van der Waals surface area contributed by atoms with Crippen LogP contribution in [0.4, 0.5) is 0 Å². The summed E-state index contributed by atoms with van der Waals surface area (Å²) in [5.74, 6) is -0.613. The van der Waals surface area contributed by atoms with Gasteiger partial charge in [-0.1, -0.05) is 19.6 Å². The first-order valence-electron chi connectivity index (χ1n) is 14.2. The molecule has 2 N–H and O–H groups in total. The molecule has 0 amide bonds. The number of hydrogen-bond donors (Lipinski definition) is 2. The van der Waals surface area contributed by atoms with Crippen LogP contribution in [-0.2, 0) is 28.4 Å². The van der Waals surface area contributed by atoms with Gasteiger partial charge in [-0.3, -0.25) is 0 Å². The van der Waals surface area contributed by atoms with Gasteiger partial charge in [0.1, 0.15) is 12.4 Å². The molecule has 3 aliphatic rings. The average Bonchev–Trinajstić information content (AvgIpc) is 3.45. The predicted molar refractivity (Wildman–Crippen MR) is 145 cm³/mol. The van der Waals surface area contributed by atoms with Gasteiger partial charge in [-0.15, -0.1) is 0 Å². The Labute approximate surface area is 225 Å². The lowest BCUT2D eigenvalue weighted by atomic mass is 9.87. The molecule has 0 unspecified atom stereocenters. The van der Waals surface area contributed by atoms with Crippen molar-refractivity contribution >= 4 is 8.07 Å². The molecule has 218 valence electrons. The van der Waals surface area contributed by atoms with E-state index in [1.165, 1.54) is 0 Å². The maximum absolute atomic E-state index is 11.3. The molecule has 0 aromatic carbocycles. The Hall–Kier alpha value is -0.103. The van der Waals surface area contributed by atoms with Crippen molar-refractivity contribution in [3.63, 3.8) is 0 Å². The summed E-state index contributed by atoms with van der Waals surface area (Å²) in [6.07, 6.45) is 3.64. The largest absolute Gasteiger partial charge is 0.387 e. The number of ether oxygens (including phenoxy) is 6. The van der Waals surface area contributed by atoms with Gasteiger partial charge >= 0.3 is 0 Å². The van der Waals surface area contributed by atoms with Crippen molar-refractivity contribution < 1.29 is 38.6 Å². The van der Waals surface area contributed by atoms with Gasteiger partial charge in [0, 0.05) is 14.7 Å². The molecule has 8 nitrogen and oxygen atoms in total. The van der Waals surface area contributed by atoms with Crippen LogP contribution in [0.25, 0.3) is 0 Å². The molecule has 3 heterocycles. The molecule has 0 spiro atoms. The van der Waals surface area contributed by atoms with E-state index in [0.29, 0.717) is 19.4 Å². The normalized spacial score (nSPS) is 34.9. The fraction of sp³-hybridized carbons (Fsp3) is 1.00. The van der Waals surface area contributed by atoms with Crippen molar-refractivity contribution in [1.82, 2.24) is 0 Å². The summed E-state index contributed by atoms with van der Waals surface area (Å²) in [4.78, 5) is 0. The van der Waals surface area contributed by atoms with E-state index >= 15 is 0 Å². The molecule has 0 saturated carbocycles. The Bertz CT molecular complexity index is 732. The number of aliphatic hydroxyl groups is 2. The second-order valence-electron chi connectivity index (χ2n) is 14.1. The van der Waals surface area contributed by atoms with Gasteiger partial charge in [0.2, 0.25) is 0 Å². The second-order valence-corrected chi connectivity index (χ2v) is 19.8. The van der Waals surface area contributed by atoms with Crippen molar-refractivity contribution in [3.05, 3.63) is 0 Å². The Morgan fingerprint density at radius 3 is 1.95 bits per heavy atom.